The summed E-state index contributed by atoms with van der Waals surface area (Å²) in [4.78, 5) is 41.7. The largest absolute Gasteiger partial charge is 0.497 e. The number of esters is 1. The van der Waals surface area contributed by atoms with Crippen molar-refractivity contribution in [2.75, 3.05) is 32.2 Å². The van der Waals surface area contributed by atoms with Gasteiger partial charge >= 0.3 is 5.97 Å². The minimum absolute atomic E-state index is 0.0829. The van der Waals surface area contributed by atoms with Gasteiger partial charge in [-0.3, -0.25) is 14.4 Å². The lowest BCUT2D eigenvalue weighted by atomic mass is 9.66. The molecule has 2 unspecified atom stereocenters. The second kappa shape index (κ2) is 8.59. The molecule has 32 heavy (non-hydrogen) atoms. The fraction of sp³-hybridized carbons (Fsp3) is 0.609. The number of aliphatic hydroxyl groups excluding tert-OH is 1. The van der Waals surface area contributed by atoms with Crippen LogP contribution in [0.1, 0.15) is 33.1 Å². The lowest BCUT2D eigenvalue weighted by Crippen LogP contribution is -2.51. The molecule has 2 bridgehead atoms. The molecule has 0 saturated carbocycles. The highest BCUT2D eigenvalue weighted by molar-refractivity contribution is 8.02. The van der Waals surface area contributed by atoms with Gasteiger partial charge in [0.25, 0.3) is 0 Å². The molecular weight excluding hydrogens is 432 g/mol. The zero-order valence-electron chi connectivity index (χ0n) is 18.6. The number of amides is 2. The van der Waals surface area contributed by atoms with Crippen molar-refractivity contribution in [3.05, 3.63) is 24.3 Å². The first kappa shape index (κ1) is 22.9. The Labute approximate surface area is 192 Å². The molecule has 3 saturated heterocycles. The minimum atomic E-state index is -0.722. The van der Waals surface area contributed by atoms with E-state index in [1.54, 1.807) is 55.0 Å². The number of aliphatic hydroxyl groups is 1. The number of benzene rings is 1. The maximum absolute atomic E-state index is 13.6. The predicted molar refractivity (Wildman–Crippen MR) is 120 cm³/mol. The van der Waals surface area contributed by atoms with Crippen molar-refractivity contribution in [3.63, 3.8) is 0 Å². The second-order valence-corrected chi connectivity index (χ2v) is 10.7. The number of methoxy groups -OCH3 is 1. The third-order valence-electron chi connectivity index (χ3n) is 6.98. The SMILES string of the molecule is CCOC(=O)[C@H]1[C@H]2C(=O)N(CCCO)C(C(=O)Nc3ccc(OC)cc3)C23CC[C@]1(C)S3. The van der Waals surface area contributed by atoms with E-state index in [2.05, 4.69) is 5.32 Å². The number of nitrogens with zero attached hydrogens (tertiary/aromatic N) is 1. The maximum atomic E-state index is 13.6. The molecule has 4 rings (SSSR count). The Kier molecular flexibility index (Phi) is 6.15. The van der Waals surface area contributed by atoms with E-state index in [-0.39, 0.29) is 37.5 Å². The number of anilines is 1. The van der Waals surface area contributed by atoms with Crippen molar-refractivity contribution < 1.29 is 29.0 Å². The molecular formula is C23H30N2O6S. The van der Waals surface area contributed by atoms with Crippen molar-refractivity contribution in [3.8, 4) is 5.75 Å². The van der Waals surface area contributed by atoms with Gasteiger partial charge in [-0.1, -0.05) is 0 Å². The average Bonchev–Trinajstić information content (AvgIpc) is 3.33. The van der Waals surface area contributed by atoms with Crippen molar-refractivity contribution in [2.45, 2.75) is 48.6 Å². The number of rotatable bonds is 8. The minimum Gasteiger partial charge on any atom is -0.497 e. The first-order valence-corrected chi connectivity index (χ1v) is 11.9. The van der Waals surface area contributed by atoms with E-state index >= 15 is 0 Å². The van der Waals surface area contributed by atoms with Crippen LogP contribution in [0.3, 0.4) is 0 Å². The van der Waals surface area contributed by atoms with Gasteiger partial charge in [0.15, 0.2) is 0 Å². The Bertz CT molecular complexity index is 908. The van der Waals surface area contributed by atoms with Crippen LogP contribution in [0, 0.1) is 11.8 Å². The molecule has 8 nitrogen and oxygen atoms in total. The van der Waals surface area contributed by atoms with Crippen LogP contribution >= 0.6 is 11.8 Å². The summed E-state index contributed by atoms with van der Waals surface area (Å²) in [7, 11) is 1.57. The Morgan fingerprint density at radius 2 is 2.00 bits per heavy atom. The molecule has 174 valence electrons. The number of nitrogens with one attached hydrogen (secondary N) is 1. The van der Waals surface area contributed by atoms with Crippen LogP contribution in [-0.4, -0.2) is 70.2 Å². The normalized spacial score (nSPS) is 32.7. The zero-order chi connectivity index (χ0) is 23.1. The van der Waals surface area contributed by atoms with Gasteiger partial charge in [0.05, 0.1) is 30.3 Å². The molecule has 3 heterocycles. The van der Waals surface area contributed by atoms with Gasteiger partial charge in [0.2, 0.25) is 11.8 Å². The number of carbonyl (C=O) groups is 3. The first-order valence-electron chi connectivity index (χ1n) is 11.0. The topological polar surface area (TPSA) is 105 Å². The number of carbonyl (C=O) groups excluding carboxylic acids is 3. The monoisotopic (exact) mass is 462 g/mol. The fourth-order valence-corrected chi connectivity index (χ4v) is 8.03. The van der Waals surface area contributed by atoms with Crippen molar-refractivity contribution in [1.82, 2.24) is 4.90 Å². The van der Waals surface area contributed by atoms with Crippen LogP contribution in [0.5, 0.6) is 5.75 Å². The summed E-state index contributed by atoms with van der Waals surface area (Å²) < 4.78 is 9.40. The third kappa shape index (κ3) is 3.46. The van der Waals surface area contributed by atoms with E-state index in [4.69, 9.17) is 9.47 Å². The fourth-order valence-electron chi connectivity index (χ4n) is 5.68. The molecule has 1 aromatic rings. The summed E-state index contributed by atoms with van der Waals surface area (Å²) >= 11 is 1.60. The van der Waals surface area contributed by atoms with E-state index < -0.39 is 27.4 Å². The summed E-state index contributed by atoms with van der Waals surface area (Å²) in [5, 5.41) is 12.3. The molecule has 2 amide bonds. The first-order chi connectivity index (χ1) is 15.3. The number of ether oxygens (including phenoxy) is 2. The highest BCUT2D eigenvalue weighted by atomic mass is 32.2. The molecule has 0 aliphatic carbocycles. The number of thioether (sulfide) groups is 1. The molecule has 1 aromatic carbocycles. The standard InChI is InChI=1S/C23H30N2O6S/c1-4-31-21(29)17-16-20(28)25(12-5-13-26)18(23(16)11-10-22(17,2)32-23)19(27)24-14-6-8-15(30-3)9-7-14/h6-9,16-18,26H,4-5,10-13H2,1-3H3,(H,24,27)/t16-,17+,18?,22-,23?/m0/s1. The molecule has 1 spiro atoms. The zero-order valence-corrected chi connectivity index (χ0v) is 19.4. The Balaban J connectivity index is 1.68. The second-order valence-electron chi connectivity index (χ2n) is 8.81. The Hall–Kier alpha value is -2.26. The van der Waals surface area contributed by atoms with E-state index in [1.165, 1.54) is 0 Å². The van der Waals surface area contributed by atoms with Gasteiger partial charge in [0, 0.05) is 23.6 Å². The molecule has 3 fully saturated rings. The van der Waals surface area contributed by atoms with Gasteiger partial charge in [-0.25, -0.2) is 0 Å². The van der Waals surface area contributed by atoms with E-state index in [0.29, 0.717) is 24.3 Å². The average molecular weight is 463 g/mol. The van der Waals surface area contributed by atoms with Crippen molar-refractivity contribution >= 4 is 35.2 Å². The summed E-state index contributed by atoms with van der Waals surface area (Å²) in [5.41, 5.74) is 0.607. The lowest BCUT2D eigenvalue weighted by Gasteiger charge is -2.34. The lowest BCUT2D eigenvalue weighted by molar-refractivity contribution is -0.155. The molecule has 3 aliphatic heterocycles. The molecule has 3 aliphatic rings. The number of hydrogen-bond donors (Lipinski definition) is 2. The quantitative estimate of drug-likeness (QED) is 0.570. The predicted octanol–water partition coefficient (Wildman–Crippen LogP) is 2.06. The van der Waals surface area contributed by atoms with Gasteiger partial charge in [-0.15, -0.1) is 11.8 Å². The summed E-state index contributed by atoms with van der Waals surface area (Å²) in [5.74, 6) is -1.33. The summed E-state index contributed by atoms with van der Waals surface area (Å²) in [6, 6.07) is 6.30. The smallest absolute Gasteiger partial charge is 0.311 e. The number of fused-ring (bicyclic) bond motifs is 1. The Morgan fingerprint density at radius 3 is 2.62 bits per heavy atom. The van der Waals surface area contributed by atoms with Crippen LogP contribution in [0.15, 0.2) is 24.3 Å². The van der Waals surface area contributed by atoms with Crippen molar-refractivity contribution in [2.24, 2.45) is 11.8 Å². The van der Waals surface area contributed by atoms with E-state index in [1.807, 2.05) is 6.92 Å². The van der Waals surface area contributed by atoms with Gasteiger partial charge < -0.3 is 24.8 Å². The van der Waals surface area contributed by atoms with Crippen LogP contribution in [0.4, 0.5) is 5.69 Å². The molecule has 0 aromatic heterocycles. The maximum Gasteiger partial charge on any atom is 0.311 e. The highest BCUT2D eigenvalue weighted by Crippen LogP contribution is 2.71. The molecule has 0 radical (unpaired) electrons. The van der Waals surface area contributed by atoms with Crippen LogP contribution < -0.4 is 10.1 Å². The van der Waals surface area contributed by atoms with Crippen LogP contribution in [-0.2, 0) is 19.1 Å². The number of likely N-dealkylation sites (tertiary alicyclic amines) is 1. The van der Waals surface area contributed by atoms with E-state index in [9.17, 15) is 19.5 Å². The van der Waals surface area contributed by atoms with Gasteiger partial charge in [-0.2, -0.15) is 0 Å². The van der Waals surface area contributed by atoms with E-state index in [0.717, 1.165) is 6.42 Å². The van der Waals surface area contributed by atoms with Crippen LogP contribution in [0.25, 0.3) is 0 Å². The highest BCUT2D eigenvalue weighted by Gasteiger charge is 2.77. The third-order valence-corrected chi connectivity index (χ3v) is 8.97. The molecule has 5 atom stereocenters. The summed E-state index contributed by atoms with van der Waals surface area (Å²) in [6.07, 6.45) is 1.79. The molecule has 9 heteroatoms. The van der Waals surface area contributed by atoms with Gasteiger partial charge in [-0.05, 0) is 57.4 Å². The van der Waals surface area contributed by atoms with Crippen LogP contribution in [0.2, 0.25) is 0 Å². The Morgan fingerprint density at radius 1 is 1.28 bits per heavy atom. The van der Waals surface area contributed by atoms with Crippen molar-refractivity contribution in [1.29, 1.82) is 0 Å². The molecule has 2 N–H and O–H groups in total. The van der Waals surface area contributed by atoms with Gasteiger partial charge in [0.1, 0.15) is 11.8 Å². The summed E-state index contributed by atoms with van der Waals surface area (Å²) in [6.45, 7) is 4.20. The number of hydrogen-bond acceptors (Lipinski definition) is 7.